The molecule has 0 spiro atoms. The van der Waals surface area contributed by atoms with E-state index in [1.54, 1.807) is 25.1 Å². The van der Waals surface area contributed by atoms with Gasteiger partial charge in [-0.25, -0.2) is 9.97 Å². The Labute approximate surface area is 330 Å². The van der Waals surface area contributed by atoms with Gasteiger partial charge in [-0.3, -0.25) is 4.57 Å². The van der Waals surface area contributed by atoms with E-state index in [9.17, 15) is 5.11 Å². The summed E-state index contributed by atoms with van der Waals surface area (Å²) in [6.07, 6.45) is -0.382. The van der Waals surface area contributed by atoms with Gasteiger partial charge in [-0.15, -0.1) is 0 Å². The Morgan fingerprint density at radius 1 is 0.804 bits per heavy atom. The van der Waals surface area contributed by atoms with Crippen molar-refractivity contribution in [3.05, 3.63) is 138 Å². The van der Waals surface area contributed by atoms with Gasteiger partial charge in [-0.05, 0) is 52.6 Å². The molecule has 1 N–H and O–H groups in total. The molecule has 1 aliphatic heterocycles. The largest absolute Gasteiger partial charge is 0.497 e. The monoisotopic (exact) mass is 772 g/mol. The maximum absolute atomic E-state index is 12.2. The summed E-state index contributed by atoms with van der Waals surface area (Å²) >= 11 is 0. The van der Waals surface area contributed by atoms with Crippen LogP contribution in [0.4, 0.5) is 0 Å². The molecule has 6 aromatic rings. The zero-order valence-corrected chi connectivity index (χ0v) is 33.8. The van der Waals surface area contributed by atoms with Crippen molar-refractivity contribution in [1.82, 2.24) is 19.5 Å². The molecule has 1 saturated heterocycles. The van der Waals surface area contributed by atoms with Crippen LogP contribution in [0.25, 0.3) is 11.2 Å². The highest BCUT2D eigenvalue weighted by Crippen LogP contribution is 2.43. The number of aliphatic hydroxyl groups is 1. The predicted molar refractivity (Wildman–Crippen MR) is 220 cm³/mol. The van der Waals surface area contributed by atoms with E-state index in [-0.39, 0.29) is 13.2 Å². The highest BCUT2D eigenvalue weighted by atomic mass is 28.3. The number of hydrogen-bond donors (Lipinski definition) is 1. The van der Waals surface area contributed by atoms with Crippen LogP contribution < -0.4 is 19.7 Å². The number of ether oxygens (including phenoxy) is 6. The van der Waals surface area contributed by atoms with Gasteiger partial charge in [0.05, 0.1) is 40.4 Å². The molecule has 290 valence electrons. The second-order valence-corrected chi connectivity index (χ2v) is 20.9. The molecule has 0 bridgehead atoms. The van der Waals surface area contributed by atoms with Crippen LogP contribution in [0.5, 0.6) is 17.4 Å². The van der Waals surface area contributed by atoms with Gasteiger partial charge in [-0.2, -0.15) is 4.98 Å². The SMILES string of the molecule is Bc1ccc(CO[C@H]2C(n3cnc4c(OCC[Si](C)(C)C)ncnc43)OC(COC(c3ccccc3)(c3ccc(OC)cc3)c3ccc(OC)cc3)[C@H]2O)cc1. The topological polar surface area (TPSA) is 119 Å². The molecule has 11 nitrogen and oxygen atoms in total. The Kier molecular flexibility index (Phi) is 11.9. The van der Waals surface area contributed by atoms with Gasteiger partial charge in [0, 0.05) is 8.07 Å². The molecular formula is C43H49BN4O7Si. The number of methoxy groups -OCH3 is 2. The first-order chi connectivity index (χ1) is 27.1. The van der Waals surface area contributed by atoms with Gasteiger partial charge in [0.25, 0.3) is 0 Å². The Balaban J connectivity index is 1.25. The standard InChI is InChI=1S/C43H49BN4O7Si/c1-50-34-19-13-31(14-20-34)43(30-9-7-6-8-10-30,32-15-21-35(51-2)22-16-32)54-26-36-38(49)39(53-25-29-11-17-33(44)18-12-29)42(55-36)48-28-47-37-40(48)45-27-46-41(37)52-23-24-56(3,4)5/h6-22,27-28,36,38-39,42,49H,23-26,44H2,1-5H3/t36?,38-,39-,42?/m1/s1. The van der Waals surface area contributed by atoms with Crippen molar-refractivity contribution in [2.75, 3.05) is 27.4 Å². The van der Waals surface area contributed by atoms with E-state index in [0.29, 0.717) is 23.7 Å². The maximum Gasteiger partial charge on any atom is 0.245 e. The molecule has 7 rings (SSSR count). The summed E-state index contributed by atoms with van der Waals surface area (Å²) in [5, 5.41) is 12.2. The van der Waals surface area contributed by atoms with Crippen molar-refractivity contribution in [3.8, 4) is 17.4 Å². The van der Waals surface area contributed by atoms with E-state index in [0.717, 1.165) is 45.3 Å². The van der Waals surface area contributed by atoms with Gasteiger partial charge in [0.2, 0.25) is 5.88 Å². The smallest absolute Gasteiger partial charge is 0.245 e. The molecule has 1 fully saturated rings. The molecule has 0 radical (unpaired) electrons. The zero-order chi connectivity index (χ0) is 39.3. The summed E-state index contributed by atoms with van der Waals surface area (Å²) in [4.78, 5) is 13.7. The minimum Gasteiger partial charge on any atom is -0.497 e. The molecule has 2 unspecified atom stereocenters. The lowest BCUT2D eigenvalue weighted by atomic mass is 9.80. The number of fused-ring (bicyclic) bond motifs is 1. The van der Waals surface area contributed by atoms with Crippen molar-refractivity contribution >= 4 is 32.5 Å². The Morgan fingerprint density at radius 2 is 1.43 bits per heavy atom. The lowest BCUT2D eigenvalue weighted by molar-refractivity contribution is -0.0968. The summed E-state index contributed by atoms with van der Waals surface area (Å²) in [5.74, 6) is 1.85. The van der Waals surface area contributed by atoms with Crippen molar-refractivity contribution < 1.29 is 33.5 Å². The number of imidazole rings is 1. The van der Waals surface area contributed by atoms with E-state index in [4.69, 9.17) is 28.4 Å². The summed E-state index contributed by atoms with van der Waals surface area (Å²) in [6.45, 7) is 7.71. The highest BCUT2D eigenvalue weighted by molar-refractivity contribution is 6.76. The Morgan fingerprint density at radius 3 is 2.04 bits per heavy atom. The fraction of sp³-hybridized carbons (Fsp3) is 0.326. The summed E-state index contributed by atoms with van der Waals surface area (Å²) < 4.78 is 39.5. The molecule has 3 heterocycles. The molecule has 0 saturated carbocycles. The van der Waals surface area contributed by atoms with Crippen molar-refractivity contribution in [1.29, 1.82) is 0 Å². The zero-order valence-electron chi connectivity index (χ0n) is 32.8. The van der Waals surface area contributed by atoms with Crippen LogP contribution >= 0.6 is 0 Å². The van der Waals surface area contributed by atoms with E-state index >= 15 is 0 Å². The fourth-order valence-electron chi connectivity index (χ4n) is 6.99. The number of hydrogen-bond acceptors (Lipinski definition) is 10. The van der Waals surface area contributed by atoms with Crippen molar-refractivity contribution in [2.24, 2.45) is 0 Å². The second kappa shape index (κ2) is 17.0. The molecule has 4 aromatic carbocycles. The summed E-state index contributed by atoms with van der Waals surface area (Å²) in [7, 11) is 3.99. The summed E-state index contributed by atoms with van der Waals surface area (Å²) in [5.41, 5.74) is 4.66. The van der Waals surface area contributed by atoms with Crippen molar-refractivity contribution in [3.63, 3.8) is 0 Å². The van der Waals surface area contributed by atoms with E-state index in [1.165, 1.54) is 6.33 Å². The number of aromatic nitrogens is 4. The van der Waals surface area contributed by atoms with Gasteiger partial charge in [-0.1, -0.05) is 104 Å². The first kappa shape index (κ1) is 39.2. The number of rotatable bonds is 16. The average molecular weight is 773 g/mol. The second-order valence-electron chi connectivity index (χ2n) is 15.3. The minimum absolute atomic E-state index is 0.00166. The van der Waals surface area contributed by atoms with Crippen molar-refractivity contribution in [2.45, 2.75) is 62.4 Å². The molecule has 4 atom stereocenters. The Bertz CT molecular complexity index is 2130. The van der Waals surface area contributed by atoms with Crippen LogP contribution in [0.15, 0.2) is 116 Å². The molecule has 0 amide bonds. The van der Waals surface area contributed by atoms with Crippen LogP contribution in [0.3, 0.4) is 0 Å². The highest BCUT2D eigenvalue weighted by Gasteiger charge is 2.48. The fourth-order valence-corrected chi connectivity index (χ4v) is 7.71. The van der Waals surface area contributed by atoms with Crippen LogP contribution in [0.2, 0.25) is 25.7 Å². The van der Waals surface area contributed by atoms with Gasteiger partial charge < -0.3 is 33.5 Å². The third kappa shape index (κ3) is 8.37. The van der Waals surface area contributed by atoms with Gasteiger partial charge in [0.15, 0.2) is 17.4 Å². The Hall–Kier alpha value is -5.05. The lowest BCUT2D eigenvalue weighted by Crippen LogP contribution is -2.40. The van der Waals surface area contributed by atoms with Crippen LogP contribution in [0, 0.1) is 0 Å². The third-order valence-corrected chi connectivity index (χ3v) is 11.9. The van der Waals surface area contributed by atoms with E-state index in [2.05, 4.69) is 34.6 Å². The quantitative estimate of drug-likeness (QED) is 0.0974. The van der Waals surface area contributed by atoms with Crippen LogP contribution in [-0.2, 0) is 26.4 Å². The normalized spacial score (nSPS) is 18.6. The number of aliphatic hydroxyl groups excluding tert-OH is 1. The predicted octanol–water partition coefficient (Wildman–Crippen LogP) is 5.67. The molecule has 0 aliphatic carbocycles. The van der Waals surface area contributed by atoms with E-state index < -0.39 is 38.2 Å². The van der Waals surface area contributed by atoms with Gasteiger partial charge >= 0.3 is 0 Å². The third-order valence-electron chi connectivity index (χ3n) is 10.2. The molecule has 1 aliphatic rings. The molecular weight excluding hydrogens is 723 g/mol. The maximum atomic E-state index is 12.2. The molecule has 56 heavy (non-hydrogen) atoms. The van der Waals surface area contributed by atoms with Crippen LogP contribution in [-0.4, -0.2) is 86.3 Å². The number of benzene rings is 4. The minimum atomic E-state index is -1.34. The first-order valence-electron chi connectivity index (χ1n) is 18.9. The summed E-state index contributed by atoms with van der Waals surface area (Å²) in [6, 6.07) is 34.8. The average Bonchev–Trinajstić information content (AvgIpc) is 3.79. The molecule has 13 heteroatoms. The first-order valence-corrected chi connectivity index (χ1v) is 22.6. The van der Waals surface area contributed by atoms with Crippen LogP contribution in [0.1, 0.15) is 28.5 Å². The van der Waals surface area contributed by atoms with Gasteiger partial charge in [0.1, 0.15) is 49.6 Å². The molecule has 2 aromatic heterocycles. The number of nitrogens with zero attached hydrogens (tertiary/aromatic N) is 4. The lowest BCUT2D eigenvalue weighted by Gasteiger charge is -2.37. The van der Waals surface area contributed by atoms with E-state index in [1.807, 2.05) is 111 Å².